The van der Waals surface area contributed by atoms with E-state index in [1.165, 1.54) is 0 Å². The first-order valence-electron chi connectivity index (χ1n) is 2.31. The average Bonchev–Trinajstić information content (AvgIpc) is 1.31. The van der Waals surface area contributed by atoms with Crippen molar-refractivity contribution in [2.24, 2.45) is 0 Å². The largest absolute Gasteiger partial charge is 0.318 e. The lowest BCUT2D eigenvalue weighted by Gasteiger charge is -2.21. The molecule has 0 aliphatic heterocycles. The Morgan fingerprint density at radius 3 is 1.43 bits per heavy atom. The summed E-state index contributed by atoms with van der Waals surface area (Å²) in [6.07, 6.45) is 0. The lowest BCUT2D eigenvalue weighted by Crippen LogP contribution is -2.37. The van der Waals surface area contributed by atoms with Crippen LogP contribution in [0.1, 0.15) is 0 Å². The normalized spacial score (nSPS) is 12.9. The van der Waals surface area contributed by atoms with E-state index in [-0.39, 0.29) is 0 Å². The van der Waals surface area contributed by atoms with Gasteiger partial charge >= 0.3 is 0 Å². The van der Waals surface area contributed by atoms with Crippen molar-refractivity contribution in [1.82, 2.24) is 4.57 Å². The Labute approximate surface area is 51.1 Å². The van der Waals surface area contributed by atoms with Gasteiger partial charge in [0.05, 0.1) is 0 Å². The number of halogens is 1. The van der Waals surface area contributed by atoms with Gasteiger partial charge in [-0.15, -0.1) is 11.1 Å². The molecule has 1 nitrogen and oxygen atoms in total. The Kier molecular flexibility index (Phi) is 2.30. The van der Waals surface area contributed by atoms with Crippen molar-refractivity contribution >= 4 is 18.6 Å². The van der Waals surface area contributed by atoms with Crippen LogP contribution in [0.25, 0.3) is 0 Å². The molecule has 0 atom stereocenters. The molecule has 0 amide bonds. The van der Waals surface area contributed by atoms with E-state index < -0.39 is 7.55 Å². The molecule has 0 aromatic heterocycles. The highest BCUT2D eigenvalue weighted by molar-refractivity contribution is 7.17. The van der Waals surface area contributed by atoms with Crippen molar-refractivity contribution in [1.29, 1.82) is 0 Å². The third-order valence-corrected chi connectivity index (χ3v) is 4.20. The van der Waals surface area contributed by atoms with Crippen LogP contribution in [0.3, 0.4) is 0 Å². The van der Waals surface area contributed by atoms with Gasteiger partial charge in [0, 0.05) is 0 Å². The van der Waals surface area contributed by atoms with Crippen molar-refractivity contribution in [3.63, 3.8) is 0 Å². The summed E-state index contributed by atoms with van der Waals surface area (Å²) in [5.74, 6) is 0. The average molecular weight is 138 g/mol. The molecule has 3 heteroatoms. The molecule has 0 fully saturated rings. The highest BCUT2D eigenvalue weighted by Crippen LogP contribution is 2.08. The van der Waals surface area contributed by atoms with Crippen LogP contribution in [0.4, 0.5) is 0 Å². The van der Waals surface area contributed by atoms with Gasteiger partial charge in [-0.05, 0) is 27.2 Å². The van der Waals surface area contributed by atoms with Gasteiger partial charge < -0.3 is 4.57 Å². The lowest BCUT2D eigenvalue weighted by molar-refractivity contribution is 0.640. The molecule has 0 unspecified atom stereocenters. The molecule has 44 valence electrons. The molecule has 0 saturated carbocycles. The molecule has 0 heterocycles. The van der Waals surface area contributed by atoms with Crippen LogP contribution >= 0.6 is 11.1 Å². The van der Waals surface area contributed by atoms with Gasteiger partial charge in [0.2, 0.25) is 7.55 Å². The third-order valence-electron chi connectivity index (χ3n) is 1.06. The third kappa shape index (κ3) is 3.09. The molecule has 0 spiro atoms. The molecular formula is C4H12ClNSi. The van der Waals surface area contributed by atoms with Crippen LogP contribution in [0.5, 0.6) is 0 Å². The zero-order valence-corrected chi connectivity index (χ0v) is 7.08. The number of rotatable bonds is 1. The van der Waals surface area contributed by atoms with E-state index in [1.54, 1.807) is 0 Å². The lowest BCUT2D eigenvalue weighted by atomic mass is 11.3. The van der Waals surface area contributed by atoms with E-state index in [0.29, 0.717) is 0 Å². The molecule has 7 heavy (non-hydrogen) atoms. The van der Waals surface area contributed by atoms with Gasteiger partial charge in [-0.2, -0.15) is 0 Å². The van der Waals surface area contributed by atoms with Crippen LogP contribution in [0.2, 0.25) is 13.1 Å². The standard InChI is InChI=1S/C4H12ClNSi/c1-6(2)7(3,4)5/h1-4H3. The van der Waals surface area contributed by atoms with E-state index in [2.05, 4.69) is 17.7 Å². The Hall–Kier alpha value is 0.467. The van der Waals surface area contributed by atoms with E-state index in [4.69, 9.17) is 11.1 Å². The SMILES string of the molecule is CN(C)[Si](C)(C)Cl. The summed E-state index contributed by atoms with van der Waals surface area (Å²) < 4.78 is 2.09. The topological polar surface area (TPSA) is 3.24 Å². The summed E-state index contributed by atoms with van der Waals surface area (Å²) in [7, 11) is 2.60. The molecule has 0 aromatic carbocycles. The number of nitrogens with zero attached hydrogens (tertiary/aromatic N) is 1. The predicted molar refractivity (Wildman–Crippen MR) is 37.0 cm³/mol. The fourth-order valence-electron chi connectivity index (χ4n) is 0. The van der Waals surface area contributed by atoms with Gasteiger partial charge in [-0.3, -0.25) is 0 Å². The minimum atomic E-state index is -1.43. The maximum atomic E-state index is 5.93. The molecule has 0 rings (SSSR count). The highest BCUT2D eigenvalue weighted by atomic mass is 35.6. The Balaban J connectivity index is 3.54. The number of hydrogen-bond acceptors (Lipinski definition) is 1. The second-order valence-electron chi connectivity index (χ2n) is 2.30. The van der Waals surface area contributed by atoms with E-state index in [0.717, 1.165) is 0 Å². The summed E-state index contributed by atoms with van der Waals surface area (Å²) in [4.78, 5) is 0. The zero-order chi connectivity index (χ0) is 6.08. The predicted octanol–water partition coefficient (Wildman–Crippen LogP) is 1.49. The second-order valence-corrected chi connectivity index (χ2v) is 8.79. The van der Waals surface area contributed by atoms with Gasteiger partial charge in [0.1, 0.15) is 0 Å². The summed E-state index contributed by atoms with van der Waals surface area (Å²) in [6.45, 7) is 4.18. The van der Waals surface area contributed by atoms with Crippen LogP contribution in [-0.2, 0) is 0 Å². The van der Waals surface area contributed by atoms with Crippen molar-refractivity contribution < 1.29 is 0 Å². The monoisotopic (exact) mass is 137 g/mol. The summed E-state index contributed by atoms with van der Waals surface area (Å²) in [5.41, 5.74) is 0. The van der Waals surface area contributed by atoms with Gasteiger partial charge in [-0.25, -0.2) is 0 Å². The van der Waals surface area contributed by atoms with Gasteiger partial charge in [0.25, 0.3) is 0 Å². The van der Waals surface area contributed by atoms with E-state index in [1.807, 2.05) is 14.1 Å². The highest BCUT2D eigenvalue weighted by Gasteiger charge is 2.18. The Bertz CT molecular complexity index is 57.2. The quantitative estimate of drug-likeness (QED) is 0.391. The summed E-state index contributed by atoms with van der Waals surface area (Å²) >= 11 is 5.93. The minimum absolute atomic E-state index is 1.43. The molecule has 0 aliphatic rings. The van der Waals surface area contributed by atoms with Crippen LogP contribution in [-0.4, -0.2) is 26.2 Å². The fourth-order valence-corrected chi connectivity index (χ4v) is 0. The van der Waals surface area contributed by atoms with Crippen LogP contribution < -0.4 is 0 Å². The maximum absolute atomic E-state index is 5.93. The molecule has 0 aliphatic carbocycles. The molecule has 0 saturated heterocycles. The van der Waals surface area contributed by atoms with Crippen molar-refractivity contribution in [2.75, 3.05) is 14.1 Å². The van der Waals surface area contributed by atoms with Crippen LogP contribution in [0, 0.1) is 0 Å². The van der Waals surface area contributed by atoms with Crippen molar-refractivity contribution in [3.8, 4) is 0 Å². The molecule has 0 bridgehead atoms. The number of hydrogen-bond donors (Lipinski definition) is 0. The first kappa shape index (κ1) is 7.47. The maximum Gasteiger partial charge on any atom is 0.222 e. The van der Waals surface area contributed by atoms with Gasteiger partial charge in [-0.1, -0.05) is 0 Å². The molecule has 0 radical (unpaired) electrons. The van der Waals surface area contributed by atoms with Gasteiger partial charge in [0.15, 0.2) is 0 Å². The fraction of sp³-hybridized carbons (Fsp3) is 1.00. The summed E-state index contributed by atoms with van der Waals surface area (Å²) in [6, 6.07) is 0. The van der Waals surface area contributed by atoms with Crippen LogP contribution in [0.15, 0.2) is 0 Å². The summed E-state index contributed by atoms with van der Waals surface area (Å²) in [5, 5.41) is 0. The Morgan fingerprint density at radius 1 is 1.29 bits per heavy atom. The molecular weight excluding hydrogens is 126 g/mol. The van der Waals surface area contributed by atoms with Crippen molar-refractivity contribution in [3.05, 3.63) is 0 Å². The molecule has 0 N–H and O–H groups in total. The first-order chi connectivity index (χ1) is 2.94. The van der Waals surface area contributed by atoms with E-state index in [9.17, 15) is 0 Å². The first-order valence-corrected chi connectivity index (χ1v) is 6.27. The molecule has 0 aromatic rings. The Morgan fingerprint density at radius 2 is 1.43 bits per heavy atom. The van der Waals surface area contributed by atoms with Crippen molar-refractivity contribution in [2.45, 2.75) is 13.1 Å². The second kappa shape index (κ2) is 2.16. The van der Waals surface area contributed by atoms with E-state index >= 15 is 0 Å². The zero-order valence-electron chi connectivity index (χ0n) is 5.33. The smallest absolute Gasteiger partial charge is 0.222 e. The minimum Gasteiger partial charge on any atom is -0.318 e.